The first-order chi connectivity index (χ1) is 21.9. The number of nitrogens with zero attached hydrogens (tertiary/aromatic N) is 6. The van der Waals surface area contributed by atoms with Crippen LogP contribution in [0.3, 0.4) is 0 Å². The second-order valence-electron chi connectivity index (χ2n) is 11.5. The van der Waals surface area contributed by atoms with Crippen molar-refractivity contribution in [2.24, 2.45) is 5.92 Å². The van der Waals surface area contributed by atoms with Crippen LogP contribution in [-0.2, 0) is 21.3 Å². The Kier molecular flexibility index (Phi) is 7.77. The molecule has 0 unspecified atom stereocenters. The van der Waals surface area contributed by atoms with Gasteiger partial charge in [-0.2, -0.15) is 23.4 Å². The van der Waals surface area contributed by atoms with Crippen LogP contribution in [0.15, 0.2) is 73.3 Å². The lowest BCUT2D eigenvalue weighted by atomic mass is 9.99. The Morgan fingerprint density at radius 3 is 2.46 bits per heavy atom. The van der Waals surface area contributed by atoms with Gasteiger partial charge < -0.3 is 10.2 Å². The van der Waals surface area contributed by atoms with Gasteiger partial charge in [-0.15, -0.1) is 0 Å². The molecule has 2 aromatic carbocycles. The first kappa shape index (κ1) is 30.4. The number of hydrogen-bond donors (Lipinski definition) is 2. The highest BCUT2D eigenvalue weighted by Gasteiger charge is 2.34. The second kappa shape index (κ2) is 11.7. The summed E-state index contributed by atoms with van der Waals surface area (Å²) in [6.45, 7) is 5.08. The van der Waals surface area contributed by atoms with Crippen LogP contribution in [0.1, 0.15) is 31.4 Å². The molecule has 4 aromatic rings. The molecule has 2 aliphatic rings. The van der Waals surface area contributed by atoms with Gasteiger partial charge in [-0.25, -0.2) is 9.48 Å². The van der Waals surface area contributed by atoms with E-state index in [2.05, 4.69) is 37.6 Å². The molecule has 0 radical (unpaired) electrons. The standard InChI is InChI=1S/C32H29F3N8O3/c1-31(2,29(45)38-26-11-6-23(32(33,34)35)16-27(26)42-14-3-13-36-42)43-20-21(17-37-43)4-5-22-18-40(19-22)24-7-9-25(10-8-24)41-15-12-28(44)39-30(41)46/h3,6-11,13-14,16-17,20,22H,12,15,18-19H2,1-2H3,(H,38,45)(H,39,44,46). The monoisotopic (exact) mass is 630 g/mol. The van der Waals surface area contributed by atoms with Crippen molar-refractivity contribution in [2.75, 3.05) is 34.8 Å². The normalized spacial score (nSPS) is 15.6. The maximum absolute atomic E-state index is 13.4. The number of carbonyl (C=O) groups is 3. The Hall–Kier alpha value is -5.58. The molecule has 0 atom stereocenters. The van der Waals surface area contributed by atoms with Crippen molar-refractivity contribution < 1.29 is 27.6 Å². The van der Waals surface area contributed by atoms with Gasteiger partial charge in [-0.3, -0.25) is 24.5 Å². The van der Waals surface area contributed by atoms with Crippen LogP contribution in [0.5, 0.6) is 0 Å². The van der Waals surface area contributed by atoms with Crippen LogP contribution in [0, 0.1) is 17.8 Å². The van der Waals surface area contributed by atoms with E-state index in [9.17, 15) is 27.6 Å². The van der Waals surface area contributed by atoms with Gasteiger partial charge in [0.15, 0.2) is 0 Å². The summed E-state index contributed by atoms with van der Waals surface area (Å²) in [6, 6.07) is 11.8. The van der Waals surface area contributed by atoms with Crippen LogP contribution in [-0.4, -0.2) is 57.0 Å². The third-order valence-corrected chi connectivity index (χ3v) is 7.92. The molecule has 0 spiro atoms. The molecule has 0 aliphatic carbocycles. The number of aromatic nitrogens is 4. The van der Waals surface area contributed by atoms with Gasteiger partial charge >= 0.3 is 12.2 Å². The number of hydrogen-bond acceptors (Lipinski definition) is 6. The zero-order valence-corrected chi connectivity index (χ0v) is 24.9. The molecule has 11 nitrogen and oxygen atoms in total. The molecule has 2 saturated heterocycles. The van der Waals surface area contributed by atoms with E-state index >= 15 is 0 Å². The number of rotatable bonds is 6. The Labute approximate surface area is 262 Å². The number of urea groups is 1. The third kappa shape index (κ3) is 6.16. The average Bonchev–Trinajstić information content (AvgIpc) is 3.70. The highest BCUT2D eigenvalue weighted by atomic mass is 19.4. The number of amides is 4. The Morgan fingerprint density at radius 2 is 1.78 bits per heavy atom. The summed E-state index contributed by atoms with van der Waals surface area (Å²) in [5.74, 6) is 5.72. The number of imide groups is 1. The van der Waals surface area contributed by atoms with E-state index in [1.165, 1.54) is 32.7 Å². The van der Waals surface area contributed by atoms with Crippen LogP contribution in [0.25, 0.3) is 5.69 Å². The van der Waals surface area contributed by atoms with Crippen molar-refractivity contribution in [2.45, 2.75) is 32.0 Å². The second-order valence-corrected chi connectivity index (χ2v) is 11.5. The third-order valence-electron chi connectivity index (χ3n) is 7.92. The molecule has 2 aliphatic heterocycles. The van der Waals surface area contributed by atoms with Gasteiger partial charge in [0, 0.05) is 56.0 Å². The minimum Gasteiger partial charge on any atom is -0.369 e. The van der Waals surface area contributed by atoms with Crippen molar-refractivity contribution in [1.82, 2.24) is 24.9 Å². The van der Waals surface area contributed by atoms with Crippen LogP contribution in [0.2, 0.25) is 0 Å². The maximum Gasteiger partial charge on any atom is 0.416 e. The van der Waals surface area contributed by atoms with Crippen molar-refractivity contribution in [3.05, 3.63) is 84.4 Å². The smallest absolute Gasteiger partial charge is 0.369 e. The van der Waals surface area contributed by atoms with Gasteiger partial charge in [0.1, 0.15) is 5.54 Å². The maximum atomic E-state index is 13.4. The molecule has 2 aromatic heterocycles. The zero-order chi connectivity index (χ0) is 32.6. The van der Waals surface area contributed by atoms with Gasteiger partial charge in [-0.1, -0.05) is 11.8 Å². The van der Waals surface area contributed by atoms with Gasteiger partial charge in [0.2, 0.25) is 5.91 Å². The SMILES string of the molecule is CC(C)(C(=O)Nc1ccc(C(F)(F)F)cc1-n1cccn1)n1cc(C#CC2CN(c3ccc(N4CCC(=O)NC4=O)cc3)C2)cn1. The van der Waals surface area contributed by atoms with Crippen LogP contribution in [0.4, 0.5) is 35.0 Å². The van der Waals surface area contributed by atoms with Gasteiger partial charge in [0.05, 0.1) is 34.6 Å². The molecular formula is C32H29F3N8O3. The number of carbonyl (C=O) groups excluding carboxylic acids is 3. The fourth-order valence-corrected chi connectivity index (χ4v) is 5.11. The van der Waals surface area contributed by atoms with Crippen LogP contribution < -0.4 is 20.4 Å². The summed E-state index contributed by atoms with van der Waals surface area (Å²) in [4.78, 5) is 40.6. The number of halogens is 3. The molecule has 4 amide bonds. The minimum absolute atomic E-state index is 0.0774. The predicted octanol–water partition coefficient (Wildman–Crippen LogP) is 4.40. The van der Waals surface area contributed by atoms with E-state index in [0.717, 1.165) is 36.6 Å². The highest BCUT2D eigenvalue weighted by molar-refractivity contribution is 6.05. The summed E-state index contributed by atoms with van der Waals surface area (Å²) < 4.78 is 42.9. The summed E-state index contributed by atoms with van der Waals surface area (Å²) in [7, 11) is 0. The lowest BCUT2D eigenvalue weighted by molar-refractivity contribution is -0.137. The Balaban J connectivity index is 1.07. The molecule has 2 fully saturated rings. The fourth-order valence-electron chi connectivity index (χ4n) is 5.11. The summed E-state index contributed by atoms with van der Waals surface area (Å²) in [5.41, 5.74) is 0.521. The molecule has 2 N–H and O–H groups in total. The van der Waals surface area contributed by atoms with Crippen LogP contribution >= 0.6 is 0 Å². The summed E-state index contributed by atoms with van der Waals surface area (Å²) in [6.07, 6.45) is 1.86. The number of alkyl halides is 3. The number of nitrogens with one attached hydrogen (secondary N) is 2. The first-order valence-electron chi connectivity index (χ1n) is 14.4. The van der Waals surface area contributed by atoms with Gasteiger partial charge in [0.25, 0.3) is 5.91 Å². The molecular weight excluding hydrogens is 601 g/mol. The average molecular weight is 631 g/mol. The first-order valence-corrected chi connectivity index (χ1v) is 14.4. The summed E-state index contributed by atoms with van der Waals surface area (Å²) in [5, 5.41) is 13.4. The number of anilines is 3. The highest BCUT2D eigenvalue weighted by Crippen LogP contribution is 2.34. The molecule has 46 heavy (non-hydrogen) atoms. The van der Waals surface area contributed by atoms with E-state index in [4.69, 9.17) is 0 Å². The lowest BCUT2D eigenvalue weighted by Crippen LogP contribution is -2.49. The number of benzene rings is 2. The quantitative estimate of drug-likeness (QED) is 0.305. The predicted molar refractivity (Wildman–Crippen MR) is 163 cm³/mol. The minimum atomic E-state index is -4.56. The lowest BCUT2D eigenvalue weighted by Gasteiger charge is -2.38. The van der Waals surface area contributed by atoms with Crippen molar-refractivity contribution in [3.63, 3.8) is 0 Å². The molecule has 4 heterocycles. The van der Waals surface area contributed by atoms with E-state index < -0.39 is 29.2 Å². The topological polar surface area (TPSA) is 117 Å². The van der Waals surface area contributed by atoms with Gasteiger partial charge in [-0.05, 0) is 62.4 Å². The summed E-state index contributed by atoms with van der Waals surface area (Å²) >= 11 is 0. The Bertz CT molecular complexity index is 1850. The molecule has 236 valence electrons. The largest absolute Gasteiger partial charge is 0.416 e. The van der Waals surface area contributed by atoms with E-state index in [-0.39, 0.29) is 29.6 Å². The van der Waals surface area contributed by atoms with E-state index in [1.807, 2.05) is 24.3 Å². The van der Waals surface area contributed by atoms with Crippen molar-refractivity contribution in [1.29, 1.82) is 0 Å². The zero-order valence-electron chi connectivity index (χ0n) is 24.9. The molecule has 0 saturated carbocycles. The van der Waals surface area contributed by atoms with E-state index in [1.54, 1.807) is 32.3 Å². The Morgan fingerprint density at radius 1 is 1.04 bits per heavy atom. The van der Waals surface area contributed by atoms with Crippen molar-refractivity contribution >= 4 is 34.9 Å². The molecule has 0 bridgehead atoms. The van der Waals surface area contributed by atoms with E-state index in [0.29, 0.717) is 12.1 Å². The molecule has 14 heteroatoms. The van der Waals surface area contributed by atoms with Crippen molar-refractivity contribution in [3.8, 4) is 17.5 Å². The fraction of sp³-hybridized carbons (Fsp3) is 0.281. The molecule has 6 rings (SSSR count).